The Labute approximate surface area is 98.8 Å². The minimum absolute atomic E-state index is 0.162. The number of hydrogen-bond acceptors (Lipinski definition) is 6. The van der Waals surface area contributed by atoms with Gasteiger partial charge in [0.05, 0.1) is 6.54 Å². The molecule has 1 saturated heterocycles. The van der Waals surface area contributed by atoms with Crippen molar-refractivity contribution in [1.29, 1.82) is 0 Å². The Balaban J connectivity index is 2.09. The Morgan fingerprint density at radius 1 is 1.40 bits per heavy atom. The SMILES string of the molecule is O=C1CCSC(=O)N1Cc1nnc(Cl)s1. The van der Waals surface area contributed by atoms with Crippen LogP contribution >= 0.6 is 34.7 Å². The van der Waals surface area contributed by atoms with Gasteiger partial charge < -0.3 is 0 Å². The zero-order valence-corrected chi connectivity index (χ0v) is 9.86. The molecule has 2 rings (SSSR count). The number of carbonyl (C=O) groups is 2. The molecule has 1 fully saturated rings. The first-order chi connectivity index (χ1) is 7.16. The Bertz CT molecular complexity index is 393. The lowest BCUT2D eigenvalue weighted by molar-refractivity contribution is -0.128. The summed E-state index contributed by atoms with van der Waals surface area (Å²) in [5, 5.41) is 7.72. The highest BCUT2D eigenvalue weighted by Gasteiger charge is 2.27. The lowest BCUT2D eigenvalue weighted by atomic mass is 10.4. The molecule has 0 radical (unpaired) electrons. The number of thioether (sulfide) groups is 1. The number of aromatic nitrogens is 2. The van der Waals surface area contributed by atoms with Gasteiger partial charge in [-0.2, -0.15) is 0 Å². The fourth-order valence-corrected chi connectivity index (χ4v) is 2.76. The van der Waals surface area contributed by atoms with Gasteiger partial charge in [0.1, 0.15) is 5.01 Å². The predicted octanol–water partition coefficient (Wildman–Crippen LogP) is 1.78. The fourth-order valence-electron chi connectivity index (χ4n) is 1.13. The Morgan fingerprint density at radius 2 is 2.20 bits per heavy atom. The van der Waals surface area contributed by atoms with Crippen molar-refractivity contribution >= 4 is 45.8 Å². The summed E-state index contributed by atoms with van der Waals surface area (Å²) < 4.78 is 0.314. The summed E-state index contributed by atoms with van der Waals surface area (Å²) in [5.74, 6) is 0.399. The highest BCUT2D eigenvalue weighted by molar-refractivity contribution is 8.13. The van der Waals surface area contributed by atoms with E-state index in [0.29, 0.717) is 21.6 Å². The van der Waals surface area contributed by atoms with Crippen molar-refractivity contribution in [3.63, 3.8) is 0 Å². The van der Waals surface area contributed by atoms with E-state index in [9.17, 15) is 9.59 Å². The van der Waals surface area contributed by atoms with E-state index in [-0.39, 0.29) is 17.7 Å². The van der Waals surface area contributed by atoms with Crippen molar-refractivity contribution < 1.29 is 9.59 Å². The zero-order chi connectivity index (χ0) is 10.8. The van der Waals surface area contributed by atoms with Crippen LogP contribution < -0.4 is 0 Å². The quantitative estimate of drug-likeness (QED) is 0.814. The van der Waals surface area contributed by atoms with Crippen molar-refractivity contribution in [3.05, 3.63) is 9.47 Å². The zero-order valence-electron chi connectivity index (χ0n) is 7.47. The van der Waals surface area contributed by atoms with E-state index in [1.807, 2.05) is 0 Å². The third-order valence-corrected chi connectivity index (χ3v) is 3.68. The summed E-state index contributed by atoms with van der Waals surface area (Å²) in [5.41, 5.74) is 0. The van der Waals surface area contributed by atoms with Gasteiger partial charge in [-0.1, -0.05) is 23.1 Å². The largest absolute Gasteiger partial charge is 0.288 e. The highest BCUT2D eigenvalue weighted by Crippen LogP contribution is 2.23. The van der Waals surface area contributed by atoms with Crippen molar-refractivity contribution in [3.8, 4) is 0 Å². The van der Waals surface area contributed by atoms with E-state index in [2.05, 4.69) is 10.2 Å². The molecule has 2 heterocycles. The number of hydrogen-bond donors (Lipinski definition) is 0. The molecule has 8 heteroatoms. The van der Waals surface area contributed by atoms with Gasteiger partial charge in [0.2, 0.25) is 10.4 Å². The maximum absolute atomic E-state index is 11.4. The molecule has 0 atom stereocenters. The van der Waals surface area contributed by atoms with Crippen LogP contribution in [0.15, 0.2) is 0 Å². The van der Waals surface area contributed by atoms with Crippen LogP contribution in [0.1, 0.15) is 11.4 Å². The van der Waals surface area contributed by atoms with Crippen LogP contribution in [0, 0.1) is 0 Å². The second-order valence-corrected chi connectivity index (χ2v) is 5.48. The smallest absolute Gasteiger partial charge is 0.274 e. The lowest BCUT2D eigenvalue weighted by Crippen LogP contribution is -2.37. The van der Waals surface area contributed by atoms with E-state index in [1.54, 1.807) is 0 Å². The highest BCUT2D eigenvalue weighted by atomic mass is 35.5. The summed E-state index contributed by atoms with van der Waals surface area (Å²) in [7, 11) is 0. The molecule has 0 unspecified atom stereocenters. The van der Waals surface area contributed by atoms with Crippen LogP contribution in [0.5, 0.6) is 0 Å². The first-order valence-electron chi connectivity index (χ1n) is 4.12. The van der Waals surface area contributed by atoms with E-state index in [4.69, 9.17) is 11.6 Å². The molecule has 0 aliphatic carbocycles. The van der Waals surface area contributed by atoms with E-state index >= 15 is 0 Å². The Kier molecular flexibility index (Phi) is 3.22. The standard InChI is InChI=1S/C7H6ClN3O2S2/c8-6-10-9-4(15-6)3-11-5(12)1-2-14-7(11)13/h1-3H2. The van der Waals surface area contributed by atoms with Crippen molar-refractivity contribution in [2.45, 2.75) is 13.0 Å². The summed E-state index contributed by atoms with van der Waals surface area (Å²) in [6.45, 7) is 0.176. The van der Waals surface area contributed by atoms with Gasteiger partial charge in [0.15, 0.2) is 0 Å². The number of imide groups is 1. The maximum Gasteiger partial charge on any atom is 0.288 e. The number of nitrogens with zero attached hydrogens (tertiary/aromatic N) is 3. The number of rotatable bonds is 2. The van der Waals surface area contributed by atoms with E-state index in [0.717, 1.165) is 11.8 Å². The number of halogens is 1. The van der Waals surface area contributed by atoms with Gasteiger partial charge in [-0.25, -0.2) is 0 Å². The van der Waals surface area contributed by atoms with E-state index in [1.165, 1.54) is 16.2 Å². The molecular formula is C7H6ClN3O2S2. The molecule has 5 nitrogen and oxygen atoms in total. The Hall–Kier alpha value is -0.660. The topological polar surface area (TPSA) is 63.2 Å². The molecule has 1 aliphatic rings. The maximum atomic E-state index is 11.4. The Morgan fingerprint density at radius 3 is 2.80 bits per heavy atom. The monoisotopic (exact) mass is 263 g/mol. The normalized spacial score (nSPS) is 17.3. The lowest BCUT2D eigenvalue weighted by Gasteiger charge is -2.22. The molecule has 2 amide bonds. The summed E-state index contributed by atoms with van der Waals surface area (Å²) in [6.07, 6.45) is 0.392. The fraction of sp³-hybridized carbons (Fsp3) is 0.429. The average molecular weight is 264 g/mol. The second kappa shape index (κ2) is 4.46. The minimum atomic E-state index is -0.224. The van der Waals surface area contributed by atoms with Crippen LogP contribution in [0.2, 0.25) is 4.47 Å². The van der Waals surface area contributed by atoms with Crippen molar-refractivity contribution in [1.82, 2.24) is 15.1 Å². The molecule has 80 valence electrons. The van der Waals surface area contributed by atoms with Gasteiger partial charge in [-0.05, 0) is 11.6 Å². The summed E-state index contributed by atoms with van der Waals surface area (Å²) in [6, 6.07) is 0. The van der Waals surface area contributed by atoms with Gasteiger partial charge in [-0.3, -0.25) is 14.5 Å². The van der Waals surface area contributed by atoms with Gasteiger partial charge in [0, 0.05) is 12.2 Å². The third kappa shape index (κ3) is 2.47. The van der Waals surface area contributed by atoms with Crippen LogP contribution in [0.25, 0.3) is 0 Å². The first kappa shape index (κ1) is 10.8. The average Bonchev–Trinajstić information content (AvgIpc) is 2.58. The molecule has 0 N–H and O–H groups in total. The van der Waals surface area contributed by atoms with Gasteiger partial charge in [0.25, 0.3) is 5.24 Å². The molecule has 1 aromatic rings. The molecule has 0 aromatic carbocycles. The summed E-state index contributed by atoms with van der Waals surface area (Å²) in [4.78, 5) is 24.0. The first-order valence-corrected chi connectivity index (χ1v) is 6.30. The molecule has 1 aliphatic heterocycles. The van der Waals surface area contributed by atoms with Crippen LogP contribution in [-0.4, -0.2) is 32.0 Å². The molecule has 0 bridgehead atoms. The van der Waals surface area contributed by atoms with E-state index < -0.39 is 0 Å². The van der Waals surface area contributed by atoms with Crippen molar-refractivity contribution in [2.24, 2.45) is 0 Å². The third-order valence-electron chi connectivity index (χ3n) is 1.80. The van der Waals surface area contributed by atoms with Gasteiger partial charge >= 0.3 is 0 Å². The second-order valence-electron chi connectivity index (χ2n) is 2.79. The molecule has 1 aromatic heterocycles. The van der Waals surface area contributed by atoms with Crippen molar-refractivity contribution in [2.75, 3.05) is 5.75 Å². The van der Waals surface area contributed by atoms with Gasteiger partial charge in [-0.15, -0.1) is 10.2 Å². The van der Waals surface area contributed by atoms with Crippen LogP contribution in [-0.2, 0) is 11.3 Å². The minimum Gasteiger partial charge on any atom is -0.274 e. The predicted molar refractivity (Wildman–Crippen MR) is 57.9 cm³/mol. The van der Waals surface area contributed by atoms with Crippen LogP contribution in [0.4, 0.5) is 4.79 Å². The molecule has 0 spiro atoms. The molecular weight excluding hydrogens is 258 g/mol. The summed E-state index contributed by atoms with van der Waals surface area (Å²) >= 11 is 7.92. The number of amides is 2. The number of carbonyl (C=O) groups excluding carboxylic acids is 2. The molecule has 15 heavy (non-hydrogen) atoms. The molecule has 0 saturated carbocycles. The van der Waals surface area contributed by atoms with Crippen LogP contribution in [0.3, 0.4) is 0 Å².